The molecule has 0 aliphatic heterocycles. The second-order valence-corrected chi connectivity index (χ2v) is 4.98. The first-order valence-corrected chi connectivity index (χ1v) is 6.73. The van der Waals surface area contributed by atoms with Crippen molar-refractivity contribution in [2.45, 2.75) is 5.25 Å². The van der Waals surface area contributed by atoms with Crippen LogP contribution >= 0.6 is 11.8 Å². The van der Waals surface area contributed by atoms with Crippen molar-refractivity contribution in [2.75, 3.05) is 26.5 Å². The number of ether oxygens (including phenoxy) is 2. The van der Waals surface area contributed by atoms with Crippen molar-refractivity contribution < 1.29 is 14.4 Å². The van der Waals surface area contributed by atoms with Crippen molar-refractivity contribution >= 4 is 11.8 Å². The molecular weight excluding hydrogens is 266 g/mol. The summed E-state index contributed by atoms with van der Waals surface area (Å²) in [6.07, 6.45) is 1.73. The molecule has 0 saturated carbocycles. The zero-order chi connectivity index (χ0) is 14.3. The van der Waals surface area contributed by atoms with E-state index < -0.39 is 0 Å². The summed E-state index contributed by atoms with van der Waals surface area (Å²) in [5, 5.41) is 10.5. The fourth-order valence-corrected chi connectivity index (χ4v) is 2.56. The van der Waals surface area contributed by atoms with E-state index in [1.165, 1.54) is 11.8 Å². The average molecular weight is 283 g/mol. The summed E-state index contributed by atoms with van der Waals surface area (Å²) in [4.78, 5) is 10.4. The predicted molar refractivity (Wildman–Crippen MR) is 76.8 cm³/mol. The van der Waals surface area contributed by atoms with Gasteiger partial charge in [0.25, 0.3) is 0 Å². The molecule has 104 valence electrons. The smallest absolute Gasteiger partial charge is 0.219 e. The molecule has 1 aromatic carbocycles. The Kier molecular flexibility index (Phi) is 6.21. The summed E-state index contributed by atoms with van der Waals surface area (Å²) < 4.78 is 10.4. The highest BCUT2D eigenvalue weighted by Gasteiger charge is 2.19. The van der Waals surface area contributed by atoms with Crippen LogP contribution in [0, 0.1) is 10.1 Å². The van der Waals surface area contributed by atoms with Crippen molar-refractivity contribution in [1.82, 2.24) is 0 Å². The van der Waals surface area contributed by atoms with Crippen LogP contribution in [0.25, 0.3) is 0 Å². The quantitative estimate of drug-likeness (QED) is 0.417. The van der Waals surface area contributed by atoms with E-state index in [9.17, 15) is 10.1 Å². The van der Waals surface area contributed by atoms with Gasteiger partial charge in [-0.1, -0.05) is 12.1 Å². The Bertz CT molecular complexity index is 450. The van der Waals surface area contributed by atoms with Gasteiger partial charge in [-0.3, -0.25) is 10.1 Å². The highest BCUT2D eigenvalue weighted by molar-refractivity contribution is 7.99. The number of methoxy groups -OCH3 is 2. The molecule has 0 aliphatic rings. The van der Waals surface area contributed by atoms with Crippen LogP contribution in [-0.4, -0.2) is 31.4 Å². The fraction of sp³-hybridized carbons (Fsp3) is 0.385. The van der Waals surface area contributed by atoms with Crippen molar-refractivity contribution in [3.63, 3.8) is 0 Å². The number of hydrogen-bond donors (Lipinski definition) is 0. The van der Waals surface area contributed by atoms with E-state index >= 15 is 0 Å². The first-order chi connectivity index (χ1) is 9.12. The third-order valence-electron chi connectivity index (χ3n) is 2.51. The molecule has 0 amide bonds. The molecule has 1 atom stereocenters. The summed E-state index contributed by atoms with van der Waals surface area (Å²) >= 11 is 1.48. The molecule has 0 aliphatic carbocycles. The molecule has 1 aromatic rings. The van der Waals surface area contributed by atoms with Crippen molar-refractivity contribution in [3.05, 3.63) is 46.5 Å². The lowest BCUT2D eigenvalue weighted by Crippen LogP contribution is -2.10. The number of benzene rings is 1. The molecule has 0 bridgehead atoms. The van der Waals surface area contributed by atoms with Gasteiger partial charge in [0, 0.05) is 10.7 Å². The fourth-order valence-electron chi connectivity index (χ4n) is 1.63. The van der Waals surface area contributed by atoms with E-state index in [4.69, 9.17) is 9.47 Å². The molecule has 0 radical (unpaired) electrons. The van der Waals surface area contributed by atoms with Crippen molar-refractivity contribution in [3.8, 4) is 11.5 Å². The number of thioether (sulfide) groups is 1. The van der Waals surface area contributed by atoms with E-state index in [2.05, 4.69) is 6.58 Å². The maximum absolute atomic E-state index is 10.7. The summed E-state index contributed by atoms with van der Waals surface area (Å²) in [7, 11) is 3.10. The van der Waals surface area contributed by atoms with E-state index in [0.717, 1.165) is 5.56 Å². The highest BCUT2D eigenvalue weighted by Crippen LogP contribution is 2.35. The highest BCUT2D eigenvalue weighted by atomic mass is 32.2. The van der Waals surface area contributed by atoms with E-state index in [0.29, 0.717) is 17.3 Å². The first-order valence-electron chi connectivity index (χ1n) is 5.68. The number of rotatable bonds is 8. The number of nitrogens with zero attached hydrogens (tertiary/aromatic N) is 1. The van der Waals surface area contributed by atoms with Gasteiger partial charge in [0.1, 0.15) is 0 Å². The zero-order valence-electron chi connectivity index (χ0n) is 11.0. The van der Waals surface area contributed by atoms with E-state index in [1.807, 2.05) is 6.07 Å². The third-order valence-corrected chi connectivity index (χ3v) is 3.76. The minimum Gasteiger partial charge on any atom is -0.493 e. The van der Waals surface area contributed by atoms with Crippen LogP contribution in [-0.2, 0) is 0 Å². The SMILES string of the molecule is C=CCSC(C[N+](=O)[O-])c1ccc(OC)c(OC)c1. The van der Waals surface area contributed by atoms with Gasteiger partial charge in [-0.2, -0.15) is 0 Å². The second-order valence-electron chi connectivity index (χ2n) is 3.74. The van der Waals surface area contributed by atoms with E-state index in [1.54, 1.807) is 32.4 Å². The van der Waals surface area contributed by atoms with Gasteiger partial charge in [0.05, 0.1) is 19.5 Å². The Hall–Kier alpha value is -1.69. The van der Waals surface area contributed by atoms with Crippen LogP contribution in [0.4, 0.5) is 0 Å². The molecule has 19 heavy (non-hydrogen) atoms. The lowest BCUT2D eigenvalue weighted by molar-refractivity contribution is -0.479. The molecule has 1 unspecified atom stereocenters. The van der Waals surface area contributed by atoms with Gasteiger partial charge in [0.2, 0.25) is 6.54 Å². The van der Waals surface area contributed by atoms with Crippen LogP contribution in [0.5, 0.6) is 11.5 Å². The molecule has 1 rings (SSSR count). The number of nitro groups is 1. The van der Waals surface area contributed by atoms with Gasteiger partial charge in [-0.15, -0.1) is 18.3 Å². The summed E-state index contributed by atoms with van der Waals surface area (Å²) in [5.41, 5.74) is 0.848. The average Bonchev–Trinajstić information content (AvgIpc) is 2.42. The maximum atomic E-state index is 10.7. The molecular formula is C13H17NO4S. The Morgan fingerprint density at radius 2 is 2.11 bits per heavy atom. The molecule has 0 aromatic heterocycles. The molecule has 6 heteroatoms. The monoisotopic (exact) mass is 283 g/mol. The molecule has 0 spiro atoms. The van der Waals surface area contributed by atoms with Gasteiger partial charge >= 0.3 is 0 Å². The standard InChI is InChI=1S/C13H17NO4S/c1-4-7-19-13(9-14(15)16)10-5-6-11(17-2)12(8-10)18-3/h4-6,8,13H,1,7,9H2,2-3H3. The third kappa shape index (κ3) is 4.48. The molecule has 0 fully saturated rings. The second kappa shape index (κ2) is 7.68. The van der Waals surface area contributed by atoms with Crippen LogP contribution < -0.4 is 9.47 Å². The minimum atomic E-state index is -0.308. The van der Waals surface area contributed by atoms with Crippen molar-refractivity contribution in [1.29, 1.82) is 0 Å². The molecule has 0 heterocycles. The van der Waals surface area contributed by atoms with E-state index in [-0.39, 0.29) is 16.7 Å². The van der Waals surface area contributed by atoms with Gasteiger partial charge in [-0.25, -0.2) is 0 Å². The van der Waals surface area contributed by atoms with Crippen molar-refractivity contribution in [2.24, 2.45) is 0 Å². The zero-order valence-corrected chi connectivity index (χ0v) is 11.8. The Labute approximate surface area is 116 Å². The van der Waals surface area contributed by atoms with Crippen LogP contribution in [0.3, 0.4) is 0 Å². The molecule has 5 nitrogen and oxygen atoms in total. The van der Waals surface area contributed by atoms with Gasteiger partial charge < -0.3 is 9.47 Å². The topological polar surface area (TPSA) is 61.6 Å². The lowest BCUT2D eigenvalue weighted by atomic mass is 10.1. The largest absolute Gasteiger partial charge is 0.493 e. The predicted octanol–water partition coefficient (Wildman–Crippen LogP) is 2.94. The van der Waals surface area contributed by atoms with Crippen LogP contribution in [0.2, 0.25) is 0 Å². The lowest BCUT2D eigenvalue weighted by Gasteiger charge is -2.14. The normalized spacial score (nSPS) is 11.7. The summed E-state index contributed by atoms with van der Waals surface area (Å²) in [5.74, 6) is 1.85. The Morgan fingerprint density at radius 1 is 1.42 bits per heavy atom. The van der Waals surface area contributed by atoms with Gasteiger partial charge in [0.15, 0.2) is 11.5 Å². The Morgan fingerprint density at radius 3 is 2.63 bits per heavy atom. The molecule has 0 saturated heterocycles. The summed E-state index contributed by atoms with van der Waals surface area (Å²) in [6, 6.07) is 5.37. The van der Waals surface area contributed by atoms with Gasteiger partial charge in [-0.05, 0) is 17.7 Å². The minimum absolute atomic E-state index is 0.131. The van der Waals surface area contributed by atoms with Crippen LogP contribution in [0.15, 0.2) is 30.9 Å². The first kappa shape index (κ1) is 15.4. The Balaban J connectivity index is 3.00. The summed E-state index contributed by atoms with van der Waals surface area (Å²) in [6.45, 7) is 3.50. The maximum Gasteiger partial charge on any atom is 0.219 e. The number of hydrogen-bond acceptors (Lipinski definition) is 5. The molecule has 0 N–H and O–H groups in total. The van der Waals surface area contributed by atoms with Crippen LogP contribution in [0.1, 0.15) is 10.8 Å².